The zero-order valence-electron chi connectivity index (χ0n) is 11.2. The van der Waals surface area contributed by atoms with Crippen LogP contribution in [0.3, 0.4) is 0 Å². The first-order valence-corrected chi connectivity index (χ1v) is 6.07. The second kappa shape index (κ2) is 6.77. The largest absolute Gasteiger partial charge is 0.481 e. The number of hydrogen-bond donors (Lipinski definition) is 1. The van der Waals surface area contributed by atoms with Gasteiger partial charge < -0.3 is 9.84 Å². The lowest BCUT2D eigenvalue weighted by molar-refractivity contribution is -0.174. The van der Waals surface area contributed by atoms with Crippen molar-refractivity contribution in [3.63, 3.8) is 0 Å². The standard InChI is InChI=1S/C12H19F3O4/c1-4-11(8(3)9(16)17,10(18)19-5-2)6-7-12(13,14)15/h8H,4-7H2,1-3H3,(H,16,17). The number of carbonyl (C=O) groups is 2. The molecule has 112 valence electrons. The SMILES string of the molecule is CCOC(=O)C(CC)(CCC(F)(F)F)C(C)C(=O)O. The first kappa shape index (κ1) is 17.7. The molecular weight excluding hydrogens is 265 g/mol. The normalized spacial score (nSPS) is 16.5. The summed E-state index contributed by atoms with van der Waals surface area (Å²) in [6, 6.07) is 0. The van der Waals surface area contributed by atoms with Crippen molar-refractivity contribution in [3.8, 4) is 0 Å². The summed E-state index contributed by atoms with van der Waals surface area (Å²) in [6.07, 6.45) is -6.25. The lowest BCUT2D eigenvalue weighted by Gasteiger charge is -2.34. The number of carboxylic acid groups (broad SMARTS) is 1. The Hall–Kier alpha value is -1.27. The molecule has 0 aliphatic rings. The van der Waals surface area contributed by atoms with E-state index in [0.29, 0.717) is 0 Å². The van der Waals surface area contributed by atoms with E-state index in [1.807, 2.05) is 0 Å². The number of aliphatic carboxylic acids is 1. The van der Waals surface area contributed by atoms with Crippen LogP contribution >= 0.6 is 0 Å². The molecule has 0 aliphatic heterocycles. The fraction of sp³-hybridized carbons (Fsp3) is 0.833. The van der Waals surface area contributed by atoms with Gasteiger partial charge in [-0.1, -0.05) is 13.8 Å². The van der Waals surface area contributed by atoms with E-state index in [1.165, 1.54) is 20.8 Å². The molecule has 0 fully saturated rings. The van der Waals surface area contributed by atoms with Crippen LogP contribution in [0.15, 0.2) is 0 Å². The molecule has 0 rings (SSSR count). The van der Waals surface area contributed by atoms with Gasteiger partial charge in [-0.15, -0.1) is 0 Å². The average molecular weight is 284 g/mol. The molecule has 0 radical (unpaired) electrons. The molecule has 4 nitrogen and oxygen atoms in total. The minimum absolute atomic E-state index is 0.00105. The van der Waals surface area contributed by atoms with Crippen LogP contribution in [0, 0.1) is 11.3 Å². The smallest absolute Gasteiger partial charge is 0.389 e. The fourth-order valence-electron chi connectivity index (χ4n) is 2.00. The second-order valence-corrected chi connectivity index (χ2v) is 4.41. The Morgan fingerprint density at radius 2 is 1.74 bits per heavy atom. The molecule has 2 unspecified atom stereocenters. The van der Waals surface area contributed by atoms with Gasteiger partial charge in [-0.25, -0.2) is 0 Å². The fourth-order valence-corrected chi connectivity index (χ4v) is 2.00. The van der Waals surface area contributed by atoms with Crippen LogP contribution in [0.5, 0.6) is 0 Å². The molecule has 0 saturated carbocycles. The van der Waals surface area contributed by atoms with Gasteiger partial charge in [-0.2, -0.15) is 13.2 Å². The summed E-state index contributed by atoms with van der Waals surface area (Å²) >= 11 is 0. The van der Waals surface area contributed by atoms with Gasteiger partial charge in [0.1, 0.15) is 0 Å². The lowest BCUT2D eigenvalue weighted by Crippen LogP contribution is -2.43. The molecule has 2 atom stereocenters. The van der Waals surface area contributed by atoms with E-state index in [2.05, 4.69) is 0 Å². The summed E-state index contributed by atoms with van der Waals surface area (Å²) in [5.74, 6) is -3.42. The predicted octanol–water partition coefficient (Wildman–Crippen LogP) is 3.01. The third-order valence-corrected chi connectivity index (χ3v) is 3.37. The van der Waals surface area contributed by atoms with E-state index in [0.717, 1.165) is 0 Å². The first-order valence-electron chi connectivity index (χ1n) is 6.07. The molecule has 0 spiro atoms. The maximum Gasteiger partial charge on any atom is 0.389 e. The molecule has 0 bridgehead atoms. The molecule has 19 heavy (non-hydrogen) atoms. The van der Waals surface area contributed by atoms with Crippen molar-refractivity contribution in [3.05, 3.63) is 0 Å². The zero-order chi connectivity index (χ0) is 15.3. The van der Waals surface area contributed by atoms with Gasteiger partial charge in [0.2, 0.25) is 0 Å². The van der Waals surface area contributed by atoms with Gasteiger partial charge in [-0.3, -0.25) is 9.59 Å². The summed E-state index contributed by atoms with van der Waals surface area (Å²) in [5.41, 5.74) is -1.64. The molecule has 0 heterocycles. The highest BCUT2D eigenvalue weighted by atomic mass is 19.4. The molecule has 0 aromatic rings. The number of carboxylic acids is 1. The summed E-state index contributed by atoms with van der Waals surface area (Å²) in [4.78, 5) is 23.0. The van der Waals surface area contributed by atoms with Gasteiger partial charge in [0.05, 0.1) is 17.9 Å². The molecular formula is C12H19F3O4. The number of halogens is 3. The van der Waals surface area contributed by atoms with E-state index in [-0.39, 0.29) is 13.0 Å². The Morgan fingerprint density at radius 3 is 2.05 bits per heavy atom. The van der Waals surface area contributed by atoms with Crippen LogP contribution in [0.4, 0.5) is 13.2 Å². The van der Waals surface area contributed by atoms with E-state index < -0.39 is 42.3 Å². The van der Waals surface area contributed by atoms with Crippen LogP contribution in [-0.2, 0) is 14.3 Å². The van der Waals surface area contributed by atoms with Crippen molar-refractivity contribution in [2.24, 2.45) is 11.3 Å². The Labute approximate surface area is 109 Å². The number of ether oxygens (including phenoxy) is 1. The highest BCUT2D eigenvalue weighted by molar-refractivity contribution is 5.84. The van der Waals surface area contributed by atoms with Gasteiger partial charge in [-0.05, 0) is 19.8 Å². The molecule has 0 aromatic heterocycles. The minimum Gasteiger partial charge on any atom is -0.481 e. The summed E-state index contributed by atoms with van der Waals surface area (Å²) in [5, 5.41) is 9.01. The first-order chi connectivity index (χ1) is 8.60. The monoisotopic (exact) mass is 284 g/mol. The van der Waals surface area contributed by atoms with E-state index in [1.54, 1.807) is 0 Å². The van der Waals surface area contributed by atoms with Gasteiger partial charge in [0.15, 0.2) is 0 Å². The number of hydrogen-bond acceptors (Lipinski definition) is 3. The Morgan fingerprint density at radius 1 is 1.21 bits per heavy atom. The Kier molecular flexibility index (Phi) is 6.32. The Bertz CT molecular complexity index is 327. The van der Waals surface area contributed by atoms with Crippen molar-refractivity contribution in [1.82, 2.24) is 0 Å². The molecule has 0 aromatic carbocycles. The van der Waals surface area contributed by atoms with Crippen molar-refractivity contribution >= 4 is 11.9 Å². The molecule has 0 amide bonds. The second-order valence-electron chi connectivity index (χ2n) is 4.41. The maximum absolute atomic E-state index is 12.3. The maximum atomic E-state index is 12.3. The summed E-state index contributed by atoms with van der Waals surface area (Å²) in [6.45, 7) is 4.25. The van der Waals surface area contributed by atoms with Crippen molar-refractivity contribution in [1.29, 1.82) is 0 Å². The van der Waals surface area contributed by atoms with Crippen LogP contribution in [0.25, 0.3) is 0 Å². The van der Waals surface area contributed by atoms with Gasteiger partial charge in [0, 0.05) is 6.42 Å². The van der Waals surface area contributed by atoms with Crippen molar-refractivity contribution in [2.45, 2.75) is 46.2 Å². The van der Waals surface area contributed by atoms with Crippen molar-refractivity contribution < 1.29 is 32.6 Å². The molecule has 7 heteroatoms. The number of alkyl halides is 3. The average Bonchev–Trinajstić information content (AvgIpc) is 2.29. The predicted molar refractivity (Wildman–Crippen MR) is 61.4 cm³/mol. The lowest BCUT2D eigenvalue weighted by atomic mass is 9.70. The van der Waals surface area contributed by atoms with E-state index in [9.17, 15) is 22.8 Å². The zero-order valence-corrected chi connectivity index (χ0v) is 11.2. The quantitative estimate of drug-likeness (QED) is 0.730. The van der Waals surface area contributed by atoms with Crippen LogP contribution in [0.1, 0.15) is 40.0 Å². The summed E-state index contributed by atoms with van der Waals surface area (Å²) in [7, 11) is 0. The highest BCUT2D eigenvalue weighted by Crippen LogP contribution is 2.41. The van der Waals surface area contributed by atoms with E-state index in [4.69, 9.17) is 9.84 Å². The third-order valence-electron chi connectivity index (χ3n) is 3.37. The topological polar surface area (TPSA) is 63.6 Å². The van der Waals surface area contributed by atoms with Crippen LogP contribution in [-0.4, -0.2) is 29.8 Å². The van der Waals surface area contributed by atoms with E-state index >= 15 is 0 Å². The van der Waals surface area contributed by atoms with Crippen LogP contribution in [0.2, 0.25) is 0 Å². The van der Waals surface area contributed by atoms with Gasteiger partial charge >= 0.3 is 18.1 Å². The summed E-state index contributed by atoms with van der Waals surface area (Å²) < 4.78 is 41.8. The number of carbonyl (C=O) groups excluding carboxylic acids is 1. The Balaban J connectivity index is 5.29. The number of esters is 1. The van der Waals surface area contributed by atoms with Gasteiger partial charge in [0.25, 0.3) is 0 Å². The molecule has 0 aliphatic carbocycles. The minimum atomic E-state index is -4.44. The van der Waals surface area contributed by atoms with Crippen molar-refractivity contribution in [2.75, 3.05) is 6.61 Å². The third kappa shape index (κ3) is 4.72. The number of rotatable bonds is 7. The molecule has 0 saturated heterocycles. The van der Waals surface area contributed by atoms with Crippen LogP contribution < -0.4 is 0 Å². The molecule has 1 N–H and O–H groups in total. The highest BCUT2D eigenvalue weighted by Gasteiger charge is 2.48.